The first-order chi connectivity index (χ1) is 9.39. The van der Waals surface area contributed by atoms with E-state index in [1.807, 2.05) is 11.3 Å². The van der Waals surface area contributed by atoms with Crippen molar-refractivity contribution in [1.82, 2.24) is 10.3 Å². The third kappa shape index (κ3) is 4.27. The van der Waals surface area contributed by atoms with Crippen LogP contribution in [0.15, 0.2) is 0 Å². The number of hydrogen-bond donors (Lipinski definition) is 1. The van der Waals surface area contributed by atoms with Crippen molar-refractivity contribution in [2.45, 2.75) is 70.9 Å². The van der Waals surface area contributed by atoms with Gasteiger partial charge in [0, 0.05) is 36.4 Å². The highest BCUT2D eigenvalue weighted by atomic mass is 32.1. The van der Waals surface area contributed by atoms with Gasteiger partial charge in [0.2, 0.25) is 0 Å². The van der Waals surface area contributed by atoms with Crippen LogP contribution in [-0.4, -0.2) is 30.3 Å². The Hall–Kier alpha value is -0.450. The molecule has 1 aromatic heterocycles. The number of aromatic nitrogens is 1. The monoisotopic (exact) mass is 296 g/mol. The molecule has 2 unspecified atom stereocenters. The average Bonchev–Trinajstić information content (AvgIpc) is 2.77. The molecule has 0 saturated heterocycles. The van der Waals surface area contributed by atoms with Gasteiger partial charge in [-0.2, -0.15) is 0 Å². The fourth-order valence-electron chi connectivity index (χ4n) is 2.60. The predicted octanol–water partition coefficient (Wildman–Crippen LogP) is 3.53. The van der Waals surface area contributed by atoms with Crippen molar-refractivity contribution in [3.8, 4) is 0 Å². The van der Waals surface area contributed by atoms with Gasteiger partial charge in [0.25, 0.3) is 0 Å². The summed E-state index contributed by atoms with van der Waals surface area (Å²) in [7, 11) is 1.77. The molecule has 0 aromatic carbocycles. The zero-order chi connectivity index (χ0) is 14.8. The first kappa shape index (κ1) is 15.9. The molecule has 114 valence electrons. The summed E-state index contributed by atoms with van der Waals surface area (Å²) in [6, 6.07) is 0. The molecule has 1 aliphatic carbocycles. The SMILES string of the molecule is COC(C)Cc1nc2c(s1)CCCC2CNC(C)(C)C. The standard InChI is InChI=1S/C16H28N2OS/c1-11(19-5)9-14-18-15-12(10-17-16(2,3)4)7-6-8-13(15)20-14/h11-12,17H,6-10H2,1-5H3. The minimum Gasteiger partial charge on any atom is -0.381 e. The average molecular weight is 296 g/mol. The van der Waals surface area contributed by atoms with Crippen LogP contribution in [0.4, 0.5) is 0 Å². The quantitative estimate of drug-likeness (QED) is 0.902. The summed E-state index contributed by atoms with van der Waals surface area (Å²) in [5, 5.41) is 4.88. The molecule has 2 rings (SSSR count). The van der Waals surface area contributed by atoms with Crippen LogP contribution in [-0.2, 0) is 17.6 Å². The Kier molecular flexibility index (Phi) is 5.21. The van der Waals surface area contributed by atoms with Gasteiger partial charge >= 0.3 is 0 Å². The molecule has 2 atom stereocenters. The lowest BCUT2D eigenvalue weighted by Crippen LogP contribution is -2.39. The van der Waals surface area contributed by atoms with Crippen molar-refractivity contribution < 1.29 is 4.74 Å². The Labute approximate surface area is 127 Å². The summed E-state index contributed by atoms with van der Waals surface area (Å²) in [5.74, 6) is 0.584. The Balaban J connectivity index is 2.06. The number of methoxy groups -OCH3 is 1. The van der Waals surface area contributed by atoms with Crippen LogP contribution < -0.4 is 5.32 Å². The van der Waals surface area contributed by atoms with Gasteiger partial charge in [-0.3, -0.25) is 0 Å². The van der Waals surface area contributed by atoms with Crippen LogP contribution >= 0.6 is 11.3 Å². The first-order valence-electron chi connectivity index (χ1n) is 7.65. The summed E-state index contributed by atoms with van der Waals surface area (Å²) in [4.78, 5) is 6.43. The second-order valence-electron chi connectivity index (χ2n) is 6.89. The van der Waals surface area contributed by atoms with Crippen molar-refractivity contribution in [3.05, 3.63) is 15.6 Å². The number of nitrogens with zero attached hydrogens (tertiary/aromatic N) is 1. The molecule has 0 radical (unpaired) electrons. The highest BCUT2D eigenvalue weighted by Gasteiger charge is 2.26. The Morgan fingerprint density at radius 3 is 2.85 bits per heavy atom. The van der Waals surface area contributed by atoms with Crippen molar-refractivity contribution in [2.75, 3.05) is 13.7 Å². The number of hydrogen-bond acceptors (Lipinski definition) is 4. The summed E-state index contributed by atoms with van der Waals surface area (Å²) in [6.07, 6.45) is 4.96. The van der Waals surface area contributed by atoms with Gasteiger partial charge in [0.05, 0.1) is 16.8 Å². The third-order valence-electron chi connectivity index (χ3n) is 3.86. The van der Waals surface area contributed by atoms with Gasteiger partial charge in [-0.05, 0) is 47.0 Å². The summed E-state index contributed by atoms with van der Waals surface area (Å²) < 4.78 is 5.36. The molecule has 0 fully saturated rings. The van der Waals surface area contributed by atoms with Crippen LogP contribution in [0.5, 0.6) is 0 Å². The minimum absolute atomic E-state index is 0.182. The molecular formula is C16H28N2OS. The molecule has 1 aliphatic rings. The summed E-state index contributed by atoms with van der Waals surface area (Å²) in [6.45, 7) is 9.83. The molecular weight excluding hydrogens is 268 g/mol. The van der Waals surface area contributed by atoms with E-state index in [0.29, 0.717) is 5.92 Å². The largest absolute Gasteiger partial charge is 0.381 e. The molecule has 3 nitrogen and oxygen atoms in total. The molecule has 0 spiro atoms. The predicted molar refractivity (Wildman–Crippen MR) is 85.7 cm³/mol. The lowest BCUT2D eigenvalue weighted by Gasteiger charge is -2.27. The maximum Gasteiger partial charge on any atom is 0.0956 e. The Bertz CT molecular complexity index is 436. The lowest BCUT2D eigenvalue weighted by atomic mass is 9.90. The van der Waals surface area contributed by atoms with Crippen molar-refractivity contribution in [2.24, 2.45) is 0 Å². The van der Waals surface area contributed by atoms with Crippen molar-refractivity contribution in [3.63, 3.8) is 0 Å². The van der Waals surface area contributed by atoms with Gasteiger partial charge in [-0.15, -0.1) is 11.3 Å². The van der Waals surface area contributed by atoms with Gasteiger partial charge in [-0.25, -0.2) is 4.98 Å². The summed E-state index contributed by atoms with van der Waals surface area (Å²) in [5.41, 5.74) is 1.54. The minimum atomic E-state index is 0.182. The molecule has 1 aromatic rings. The Morgan fingerprint density at radius 1 is 1.45 bits per heavy atom. The van der Waals surface area contributed by atoms with E-state index in [2.05, 4.69) is 33.0 Å². The molecule has 0 bridgehead atoms. The number of nitrogens with one attached hydrogen (secondary N) is 1. The third-order valence-corrected chi connectivity index (χ3v) is 5.01. The van der Waals surface area contributed by atoms with Crippen LogP contribution in [0, 0.1) is 0 Å². The molecule has 0 amide bonds. The van der Waals surface area contributed by atoms with Crippen LogP contribution in [0.2, 0.25) is 0 Å². The fraction of sp³-hybridized carbons (Fsp3) is 0.812. The molecule has 20 heavy (non-hydrogen) atoms. The number of ether oxygens (including phenoxy) is 1. The van der Waals surface area contributed by atoms with E-state index in [0.717, 1.165) is 13.0 Å². The zero-order valence-electron chi connectivity index (χ0n) is 13.5. The Morgan fingerprint density at radius 2 is 2.20 bits per heavy atom. The molecule has 4 heteroatoms. The van der Waals surface area contributed by atoms with E-state index in [-0.39, 0.29) is 11.6 Å². The molecule has 1 N–H and O–H groups in total. The van der Waals surface area contributed by atoms with Crippen LogP contribution in [0.3, 0.4) is 0 Å². The van der Waals surface area contributed by atoms with E-state index < -0.39 is 0 Å². The van der Waals surface area contributed by atoms with Crippen LogP contribution in [0.25, 0.3) is 0 Å². The zero-order valence-corrected chi connectivity index (χ0v) is 14.3. The fourth-order valence-corrected chi connectivity index (χ4v) is 3.91. The van der Waals surface area contributed by atoms with E-state index in [1.165, 1.54) is 34.8 Å². The maximum atomic E-state index is 5.36. The maximum absolute atomic E-state index is 5.36. The number of fused-ring (bicyclic) bond motifs is 1. The van der Waals surface area contributed by atoms with Gasteiger partial charge < -0.3 is 10.1 Å². The van der Waals surface area contributed by atoms with Crippen molar-refractivity contribution >= 4 is 11.3 Å². The van der Waals surface area contributed by atoms with Gasteiger partial charge in [0.15, 0.2) is 0 Å². The number of aryl methyl sites for hydroxylation is 1. The van der Waals surface area contributed by atoms with Gasteiger partial charge in [0.1, 0.15) is 0 Å². The second kappa shape index (κ2) is 6.54. The topological polar surface area (TPSA) is 34.1 Å². The van der Waals surface area contributed by atoms with E-state index in [9.17, 15) is 0 Å². The van der Waals surface area contributed by atoms with E-state index >= 15 is 0 Å². The highest BCUT2D eigenvalue weighted by molar-refractivity contribution is 7.11. The smallest absolute Gasteiger partial charge is 0.0956 e. The molecule has 1 heterocycles. The van der Waals surface area contributed by atoms with Gasteiger partial charge in [-0.1, -0.05) is 0 Å². The van der Waals surface area contributed by atoms with E-state index in [1.54, 1.807) is 7.11 Å². The van der Waals surface area contributed by atoms with E-state index in [4.69, 9.17) is 9.72 Å². The first-order valence-corrected chi connectivity index (χ1v) is 8.47. The number of rotatable bonds is 5. The van der Waals surface area contributed by atoms with Crippen LogP contribution in [0.1, 0.15) is 62.0 Å². The second-order valence-corrected chi connectivity index (χ2v) is 8.05. The molecule has 0 aliphatic heterocycles. The summed E-state index contributed by atoms with van der Waals surface area (Å²) >= 11 is 1.90. The lowest BCUT2D eigenvalue weighted by molar-refractivity contribution is 0.118. The molecule has 0 saturated carbocycles. The number of thiazole rings is 1. The van der Waals surface area contributed by atoms with Crippen molar-refractivity contribution in [1.29, 1.82) is 0 Å². The normalized spacial score (nSPS) is 20.8. The highest BCUT2D eigenvalue weighted by Crippen LogP contribution is 2.35.